The molecule has 0 aromatic carbocycles. The normalized spacial score (nSPS) is 19.6. The number of aryl methyl sites for hydroxylation is 1. The minimum absolute atomic E-state index is 0.277. The van der Waals surface area contributed by atoms with Crippen molar-refractivity contribution in [3.63, 3.8) is 0 Å². The second-order valence-corrected chi connectivity index (χ2v) is 7.66. The molecular weight excluding hydrogens is 356 g/mol. The number of carboxylic acids is 1. The number of aromatic amines is 1. The zero-order valence-electron chi connectivity index (χ0n) is 15.9. The summed E-state index contributed by atoms with van der Waals surface area (Å²) in [6.45, 7) is 6.32. The van der Waals surface area contributed by atoms with Gasteiger partial charge in [0.05, 0.1) is 12.1 Å². The van der Waals surface area contributed by atoms with Gasteiger partial charge in [-0.15, -0.1) is 0 Å². The Kier molecular flexibility index (Phi) is 5.97. The van der Waals surface area contributed by atoms with E-state index in [-0.39, 0.29) is 5.56 Å². The average Bonchev–Trinajstić information content (AvgIpc) is 2.94. The van der Waals surface area contributed by atoms with Gasteiger partial charge in [0.25, 0.3) is 5.56 Å². The van der Waals surface area contributed by atoms with E-state index in [1.165, 1.54) is 18.1 Å². The zero-order valence-corrected chi connectivity index (χ0v) is 15.9. The Morgan fingerprint density at radius 3 is 2.63 bits per heavy atom. The minimum Gasteiger partial charge on any atom is -0.480 e. The quantitative estimate of drug-likeness (QED) is 0.667. The van der Waals surface area contributed by atoms with Crippen molar-refractivity contribution in [2.45, 2.75) is 64.6 Å². The smallest absolute Gasteiger partial charge is 0.407 e. The number of aliphatic carboxylic acids is 1. The third kappa shape index (κ3) is 5.35. The Hall–Kier alpha value is -2.78. The Morgan fingerprint density at radius 2 is 2.04 bits per heavy atom. The summed E-state index contributed by atoms with van der Waals surface area (Å²) >= 11 is 0. The predicted molar refractivity (Wildman–Crippen MR) is 97.6 cm³/mol. The van der Waals surface area contributed by atoms with Crippen molar-refractivity contribution >= 4 is 12.1 Å². The number of alkyl carbamates (subject to hydrolysis) is 1. The Balaban J connectivity index is 2.31. The number of carboxylic acid groups (broad SMARTS) is 1. The van der Waals surface area contributed by atoms with Crippen LogP contribution in [0.3, 0.4) is 0 Å². The molecule has 3 N–H and O–H groups in total. The molecule has 0 saturated heterocycles. The number of aromatic nitrogens is 2. The van der Waals surface area contributed by atoms with Crippen LogP contribution in [0.5, 0.6) is 0 Å². The summed E-state index contributed by atoms with van der Waals surface area (Å²) in [5, 5.41) is 13.4. The summed E-state index contributed by atoms with van der Waals surface area (Å²) in [6, 6.07) is -0.824. The fraction of sp³-hybridized carbons (Fsp3) is 0.647. The number of H-pyrrole nitrogens is 1. The predicted octanol–water partition coefficient (Wildman–Crippen LogP) is 0.313. The van der Waals surface area contributed by atoms with Gasteiger partial charge >= 0.3 is 17.8 Å². The van der Waals surface area contributed by atoms with Crippen molar-refractivity contribution in [2.24, 2.45) is 0 Å². The number of hydrogen-bond acceptors (Lipinski definition) is 6. The molecule has 10 heteroatoms. The molecule has 1 amide bonds. The first-order valence-corrected chi connectivity index (χ1v) is 8.79. The zero-order chi connectivity index (χ0) is 20.4. The summed E-state index contributed by atoms with van der Waals surface area (Å²) in [6.07, 6.45) is 2.67. The molecule has 2 rings (SSSR count). The minimum atomic E-state index is -1.13. The lowest BCUT2D eigenvalue weighted by molar-refractivity contribution is -0.135. The van der Waals surface area contributed by atoms with Gasteiger partial charge in [0.1, 0.15) is 12.1 Å². The standard InChI is InChI=1S/C17H26N4O6/c1-10-8-21(15(25)19-14(10)24)20(9-13(22)23)12-7-5-6-11(12)18-16(26)27-17(2,3)4/h8,11-12H,5-7,9H2,1-4H3,(H,18,26)(H,22,23)(H,19,24,25)/t11-,12+/m1/s1. The third-order valence-electron chi connectivity index (χ3n) is 4.24. The lowest BCUT2D eigenvalue weighted by Gasteiger charge is -2.34. The van der Waals surface area contributed by atoms with Gasteiger partial charge in [0.15, 0.2) is 0 Å². The number of rotatable bonds is 5. The molecule has 0 radical (unpaired) electrons. The van der Waals surface area contributed by atoms with Crippen LogP contribution in [-0.2, 0) is 9.53 Å². The lowest BCUT2D eigenvalue weighted by Crippen LogP contribution is -2.58. The highest BCUT2D eigenvalue weighted by Gasteiger charge is 2.36. The van der Waals surface area contributed by atoms with Gasteiger partial charge in [-0.25, -0.2) is 14.3 Å². The number of nitrogens with zero attached hydrogens (tertiary/aromatic N) is 2. The van der Waals surface area contributed by atoms with Crippen molar-refractivity contribution in [1.82, 2.24) is 15.0 Å². The molecule has 1 heterocycles. The van der Waals surface area contributed by atoms with E-state index >= 15 is 0 Å². The first kappa shape index (κ1) is 20.5. The fourth-order valence-electron chi connectivity index (χ4n) is 3.16. The number of carbonyl (C=O) groups excluding carboxylic acids is 1. The SMILES string of the molecule is Cc1cn(N(CC(=O)O)[C@H]2CCC[C@H]2NC(=O)OC(C)(C)C)c(=O)[nH]c1=O. The maximum Gasteiger partial charge on any atom is 0.407 e. The van der Waals surface area contributed by atoms with Gasteiger partial charge in [0.2, 0.25) is 0 Å². The van der Waals surface area contributed by atoms with Gasteiger partial charge in [-0.3, -0.25) is 19.6 Å². The first-order chi connectivity index (χ1) is 12.5. The maximum atomic E-state index is 12.2. The van der Waals surface area contributed by atoms with E-state index in [1.807, 2.05) is 0 Å². The van der Waals surface area contributed by atoms with Gasteiger partial charge < -0.3 is 15.2 Å². The van der Waals surface area contributed by atoms with Crippen LogP contribution in [0.1, 0.15) is 45.6 Å². The summed E-state index contributed by atoms with van der Waals surface area (Å²) in [5.74, 6) is -1.13. The van der Waals surface area contributed by atoms with Crippen LogP contribution < -0.4 is 21.6 Å². The van der Waals surface area contributed by atoms with Crippen LogP contribution in [0.4, 0.5) is 4.79 Å². The molecule has 1 aliphatic carbocycles. The number of nitrogens with one attached hydrogen (secondary N) is 2. The number of carbonyl (C=O) groups is 2. The van der Waals surface area contributed by atoms with E-state index in [4.69, 9.17) is 4.74 Å². The van der Waals surface area contributed by atoms with Crippen molar-refractivity contribution in [1.29, 1.82) is 0 Å². The second kappa shape index (κ2) is 7.85. The summed E-state index contributed by atoms with van der Waals surface area (Å²) < 4.78 is 6.37. The molecule has 0 aliphatic heterocycles. The second-order valence-electron chi connectivity index (χ2n) is 7.66. The van der Waals surface area contributed by atoms with E-state index in [1.54, 1.807) is 20.8 Å². The van der Waals surface area contributed by atoms with Gasteiger partial charge in [-0.05, 0) is 47.0 Å². The molecule has 1 fully saturated rings. The fourth-order valence-corrected chi connectivity index (χ4v) is 3.16. The molecule has 2 atom stereocenters. The topological polar surface area (TPSA) is 134 Å². The molecule has 27 heavy (non-hydrogen) atoms. The van der Waals surface area contributed by atoms with Crippen LogP contribution in [0.25, 0.3) is 0 Å². The number of amides is 1. The molecule has 0 spiro atoms. The maximum absolute atomic E-state index is 12.2. The van der Waals surface area contributed by atoms with Crippen LogP contribution in [0.15, 0.2) is 15.8 Å². The monoisotopic (exact) mass is 382 g/mol. The average molecular weight is 382 g/mol. The van der Waals surface area contributed by atoms with E-state index in [9.17, 15) is 24.3 Å². The van der Waals surface area contributed by atoms with Gasteiger partial charge in [0, 0.05) is 11.8 Å². The first-order valence-electron chi connectivity index (χ1n) is 8.79. The molecule has 1 saturated carbocycles. The van der Waals surface area contributed by atoms with Gasteiger partial charge in [-0.2, -0.15) is 0 Å². The Morgan fingerprint density at radius 1 is 1.37 bits per heavy atom. The van der Waals surface area contributed by atoms with Crippen LogP contribution in [0, 0.1) is 6.92 Å². The molecule has 10 nitrogen and oxygen atoms in total. The van der Waals surface area contributed by atoms with Crippen molar-refractivity contribution in [3.8, 4) is 0 Å². The molecule has 1 aliphatic rings. The molecule has 1 aromatic rings. The number of hydrogen-bond donors (Lipinski definition) is 3. The van der Waals surface area contributed by atoms with E-state index in [0.29, 0.717) is 12.8 Å². The van der Waals surface area contributed by atoms with Crippen LogP contribution in [0.2, 0.25) is 0 Å². The highest BCUT2D eigenvalue weighted by molar-refractivity contribution is 5.71. The molecule has 1 aromatic heterocycles. The number of ether oxygens (including phenoxy) is 1. The third-order valence-corrected chi connectivity index (χ3v) is 4.24. The van der Waals surface area contributed by atoms with E-state index in [0.717, 1.165) is 11.1 Å². The van der Waals surface area contributed by atoms with E-state index < -0.39 is 47.5 Å². The lowest BCUT2D eigenvalue weighted by atomic mass is 10.1. The van der Waals surface area contributed by atoms with Crippen LogP contribution >= 0.6 is 0 Å². The Labute approximate surface area is 156 Å². The van der Waals surface area contributed by atoms with Crippen molar-refractivity contribution in [3.05, 3.63) is 32.6 Å². The van der Waals surface area contributed by atoms with Crippen molar-refractivity contribution < 1.29 is 19.4 Å². The summed E-state index contributed by atoms with van der Waals surface area (Å²) in [4.78, 5) is 49.6. The molecule has 0 bridgehead atoms. The molecule has 150 valence electrons. The summed E-state index contributed by atoms with van der Waals surface area (Å²) in [7, 11) is 0. The van der Waals surface area contributed by atoms with Crippen LogP contribution in [-0.4, -0.2) is 51.1 Å². The Bertz CT molecular complexity index is 822. The van der Waals surface area contributed by atoms with Gasteiger partial charge in [-0.1, -0.05) is 0 Å². The molecule has 0 unspecified atom stereocenters. The largest absolute Gasteiger partial charge is 0.480 e. The molecular formula is C17H26N4O6. The summed E-state index contributed by atoms with van der Waals surface area (Å²) in [5.41, 5.74) is -1.64. The highest BCUT2D eigenvalue weighted by Crippen LogP contribution is 2.24. The van der Waals surface area contributed by atoms with Crippen molar-refractivity contribution in [2.75, 3.05) is 11.6 Å². The van der Waals surface area contributed by atoms with E-state index in [2.05, 4.69) is 10.3 Å². The highest BCUT2D eigenvalue weighted by atomic mass is 16.6.